The van der Waals surface area contributed by atoms with Gasteiger partial charge in [-0.3, -0.25) is 14.4 Å². The molecule has 2 heterocycles. The Kier molecular flexibility index (Phi) is 12.2. The summed E-state index contributed by atoms with van der Waals surface area (Å²) in [7, 11) is 1.51. The highest BCUT2D eigenvalue weighted by molar-refractivity contribution is 6.32. The van der Waals surface area contributed by atoms with E-state index in [9.17, 15) is 19.2 Å². The number of carbonyl (C=O) groups excluding carboxylic acids is 4. The van der Waals surface area contributed by atoms with Crippen molar-refractivity contribution in [2.75, 3.05) is 13.7 Å². The molecule has 0 radical (unpaired) electrons. The van der Waals surface area contributed by atoms with Gasteiger partial charge in [0, 0.05) is 25.3 Å². The summed E-state index contributed by atoms with van der Waals surface area (Å²) in [4.78, 5) is 52.9. The fourth-order valence-corrected chi connectivity index (χ4v) is 5.67. The number of esters is 2. The maximum absolute atomic E-state index is 13.5. The van der Waals surface area contributed by atoms with Crippen molar-refractivity contribution >= 4 is 35.4 Å². The second-order valence-corrected chi connectivity index (χ2v) is 12.7. The minimum absolute atomic E-state index is 0.0341. The standard InChI is InChI=1S/C35H43ClN2O8/c1-20(2)16-29-35(42)44-27(22(4)31-32(46-31)24-10-7-6-8-11-24)12-9-13-30(39)38-26(33(40)37-19-21(3)34(41)45-29)18-23-14-15-28(43-5)25(36)17-23/h6-11,13-15,17,20-22,26-27,29,31-32H,12,16,18-19H2,1-5H3,(H,37,40)(H,38,39)/b13-9-/t21-,22+,26-,27+,29+,31-,32-/m1/s1. The van der Waals surface area contributed by atoms with Gasteiger partial charge in [-0.15, -0.1) is 0 Å². The highest BCUT2D eigenvalue weighted by Crippen LogP contribution is 2.45. The molecule has 0 bridgehead atoms. The largest absolute Gasteiger partial charge is 0.495 e. The number of cyclic esters (lactones) is 2. The number of hydrogen-bond acceptors (Lipinski definition) is 8. The molecule has 248 valence electrons. The van der Waals surface area contributed by atoms with E-state index in [4.69, 9.17) is 30.5 Å². The molecule has 1 saturated heterocycles. The van der Waals surface area contributed by atoms with Crippen LogP contribution in [0.15, 0.2) is 60.7 Å². The molecule has 2 aromatic carbocycles. The van der Waals surface area contributed by atoms with Gasteiger partial charge >= 0.3 is 11.9 Å². The summed E-state index contributed by atoms with van der Waals surface area (Å²) in [6.07, 6.45) is 1.40. The van der Waals surface area contributed by atoms with Crippen molar-refractivity contribution in [1.82, 2.24) is 10.6 Å². The summed E-state index contributed by atoms with van der Waals surface area (Å²) in [6.45, 7) is 7.31. The average molecular weight is 655 g/mol. The van der Waals surface area contributed by atoms with E-state index < -0.39 is 47.9 Å². The van der Waals surface area contributed by atoms with Crippen LogP contribution < -0.4 is 15.4 Å². The summed E-state index contributed by atoms with van der Waals surface area (Å²) in [5.74, 6) is -2.78. The molecule has 7 atom stereocenters. The van der Waals surface area contributed by atoms with E-state index in [0.29, 0.717) is 16.3 Å². The van der Waals surface area contributed by atoms with Crippen LogP contribution in [0.2, 0.25) is 5.02 Å². The number of hydrogen-bond donors (Lipinski definition) is 2. The van der Waals surface area contributed by atoms with Gasteiger partial charge in [-0.25, -0.2) is 4.79 Å². The van der Waals surface area contributed by atoms with Crippen molar-refractivity contribution < 1.29 is 38.1 Å². The number of epoxide rings is 1. The minimum Gasteiger partial charge on any atom is -0.495 e. The molecule has 4 rings (SSSR count). The smallest absolute Gasteiger partial charge is 0.347 e. The summed E-state index contributed by atoms with van der Waals surface area (Å²) in [5, 5.41) is 5.86. The lowest BCUT2D eigenvalue weighted by Crippen LogP contribution is -2.49. The molecule has 10 nitrogen and oxygen atoms in total. The fraction of sp³-hybridized carbons (Fsp3) is 0.486. The first-order chi connectivity index (χ1) is 22.0. The number of carbonyl (C=O) groups is 4. The first-order valence-corrected chi connectivity index (χ1v) is 16.0. The van der Waals surface area contributed by atoms with Crippen LogP contribution in [0.4, 0.5) is 0 Å². The van der Waals surface area contributed by atoms with Gasteiger partial charge in [0.05, 0.1) is 24.2 Å². The summed E-state index contributed by atoms with van der Waals surface area (Å²) < 4.78 is 22.9. The highest BCUT2D eigenvalue weighted by atomic mass is 35.5. The van der Waals surface area contributed by atoms with Crippen LogP contribution in [-0.2, 0) is 39.8 Å². The number of methoxy groups -OCH3 is 1. The lowest BCUT2D eigenvalue weighted by Gasteiger charge is -2.27. The Bertz CT molecular complexity index is 1410. The van der Waals surface area contributed by atoms with Crippen LogP contribution in [0.1, 0.15) is 57.8 Å². The fourth-order valence-electron chi connectivity index (χ4n) is 5.39. The van der Waals surface area contributed by atoms with Crippen LogP contribution in [0.25, 0.3) is 0 Å². The van der Waals surface area contributed by atoms with Gasteiger partial charge in [-0.1, -0.05) is 81.8 Å². The Morgan fingerprint density at radius 2 is 1.74 bits per heavy atom. The number of rotatable bonds is 8. The van der Waals surface area contributed by atoms with Crippen LogP contribution in [0, 0.1) is 17.8 Å². The molecule has 2 aliphatic heterocycles. The van der Waals surface area contributed by atoms with Gasteiger partial charge in [-0.05, 0) is 41.7 Å². The second-order valence-electron chi connectivity index (χ2n) is 12.3. The molecule has 2 N–H and O–H groups in total. The summed E-state index contributed by atoms with van der Waals surface area (Å²) in [6, 6.07) is 13.9. The molecule has 0 spiro atoms. The maximum Gasteiger partial charge on any atom is 0.347 e. The monoisotopic (exact) mass is 654 g/mol. The molecule has 2 aliphatic rings. The first kappa shape index (κ1) is 35.0. The van der Waals surface area contributed by atoms with E-state index >= 15 is 0 Å². The van der Waals surface area contributed by atoms with Gasteiger partial charge in [0.15, 0.2) is 6.10 Å². The normalized spacial score (nSPS) is 27.5. The SMILES string of the molecule is COc1ccc(C[C@H]2NC(=O)/C=C\C[C@@H]([C@H](C)[C@H]3O[C@@H]3c3ccccc3)OC(=O)[C@H](CC(C)C)OC(=O)[C@H](C)CNC2=O)cc1Cl. The number of amides is 2. The van der Waals surface area contributed by atoms with Crippen molar-refractivity contribution in [1.29, 1.82) is 0 Å². The second kappa shape index (κ2) is 16.1. The van der Waals surface area contributed by atoms with Gasteiger partial charge in [0.1, 0.15) is 24.0 Å². The molecule has 2 aromatic rings. The molecule has 11 heteroatoms. The average Bonchev–Trinajstić information content (AvgIpc) is 3.83. The number of nitrogens with one attached hydrogen (secondary N) is 2. The topological polar surface area (TPSA) is 133 Å². The molecule has 0 unspecified atom stereocenters. The molecule has 1 fully saturated rings. The molecule has 46 heavy (non-hydrogen) atoms. The molecular formula is C35H43ClN2O8. The Balaban J connectivity index is 1.58. The van der Waals surface area contributed by atoms with Crippen molar-refractivity contribution in [3.8, 4) is 5.75 Å². The Hall–Kier alpha value is -3.89. The van der Waals surface area contributed by atoms with E-state index in [1.54, 1.807) is 31.2 Å². The zero-order chi connectivity index (χ0) is 33.4. The minimum atomic E-state index is -1.13. The third kappa shape index (κ3) is 9.56. The number of benzene rings is 2. The summed E-state index contributed by atoms with van der Waals surface area (Å²) >= 11 is 6.30. The quantitative estimate of drug-likeness (QED) is 0.308. The van der Waals surface area contributed by atoms with E-state index in [1.807, 2.05) is 51.1 Å². The lowest BCUT2D eigenvalue weighted by atomic mass is 9.93. The van der Waals surface area contributed by atoms with Crippen molar-refractivity contribution in [2.45, 2.75) is 77.4 Å². The molecule has 0 aliphatic carbocycles. The van der Waals surface area contributed by atoms with E-state index in [0.717, 1.165) is 5.56 Å². The number of halogens is 1. The van der Waals surface area contributed by atoms with Crippen molar-refractivity contribution in [3.05, 3.63) is 76.8 Å². The molecule has 2 amide bonds. The molecule has 0 saturated carbocycles. The predicted octanol–water partition coefficient (Wildman–Crippen LogP) is 4.73. The molecular weight excluding hydrogens is 612 g/mol. The Morgan fingerprint density at radius 1 is 1.00 bits per heavy atom. The van der Waals surface area contributed by atoms with Gasteiger partial charge < -0.3 is 29.6 Å². The summed E-state index contributed by atoms with van der Waals surface area (Å²) in [5.41, 5.74) is 1.73. The third-order valence-corrected chi connectivity index (χ3v) is 8.44. The Morgan fingerprint density at radius 3 is 2.41 bits per heavy atom. The van der Waals surface area contributed by atoms with E-state index in [1.165, 1.54) is 13.2 Å². The van der Waals surface area contributed by atoms with Crippen LogP contribution >= 0.6 is 11.6 Å². The highest BCUT2D eigenvalue weighted by Gasteiger charge is 2.47. The zero-order valence-electron chi connectivity index (χ0n) is 26.9. The number of ether oxygens (including phenoxy) is 4. The van der Waals surface area contributed by atoms with Crippen LogP contribution in [-0.4, -0.2) is 61.8 Å². The molecule has 0 aromatic heterocycles. The predicted molar refractivity (Wildman–Crippen MR) is 172 cm³/mol. The maximum atomic E-state index is 13.5. The third-order valence-electron chi connectivity index (χ3n) is 8.14. The van der Waals surface area contributed by atoms with E-state index in [-0.39, 0.29) is 49.9 Å². The van der Waals surface area contributed by atoms with Crippen molar-refractivity contribution in [3.63, 3.8) is 0 Å². The van der Waals surface area contributed by atoms with Gasteiger partial charge in [0.2, 0.25) is 11.8 Å². The zero-order valence-corrected chi connectivity index (χ0v) is 27.6. The van der Waals surface area contributed by atoms with Crippen LogP contribution in [0.3, 0.4) is 0 Å². The Labute approximate surface area is 275 Å². The van der Waals surface area contributed by atoms with Gasteiger partial charge in [-0.2, -0.15) is 0 Å². The van der Waals surface area contributed by atoms with E-state index in [2.05, 4.69) is 10.6 Å². The first-order valence-electron chi connectivity index (χ1n) is 15.6. The lowest BCUT2D eigenvalue weighted by molar-refractivity contribution is -0.176. The van der Waals surface area contributed by atoms with Gasteiger partial charge in [0.25, 0.3) is 0 Å². The van der Waals surface area contributed by atoms with Crippen LogP contribution in [0.5, 0.6) is 5.75 Å². The van der Waals surface area contributed by atoms with Crippen molar-refractivity contribution in [2.24, 2.45) is 17.8 Å².